The Hall–Kier alpha value is -0.900. The molecule has 1 atom stereocenters. The Kier molecular flexibility index (Phi) is 5.19. The maximum atomic E-state index is 13.5. The zero-order valence-corrected chi connectivity index (χ0v) is 13.5. The summed E-state index contributed by atoms with van der Waals surface area (Å²) in [7, 11) is 0. The van der Waals surface area contributed by atoms with Gasteiger partial charge in [-0.25, -0.2) is 4.39 Å². The molecule has 0 fully saturated rings. The maximum absolute atomic E-state index is 13.5. The maximum Gasteiger partial charge on any atom is 0.123 e. The molecule has 1 aromatic carbocycles. The first kappa shape index (κ1) is 15.5. The van der Waals surface area contributed by atoms with Gasteiger partial charge in [-0.15, -0.1) is 11.3 Å². The zero-order chi connectivity index (χ0) is 14.7. The van der Waals surface area contributed by atoms with Gasteiger partial charge in [0.2, 0.25) is 0 Å². The van der Waals surface area contributed by atoms with Gasteiger partial charge in [0, 0.05) is 4.88 Å². The Morgan fingerprint density at radius 2 is 1.95 bits per heavy atom. The highest BCUT2D eigenvalue weighted by Gasteiger charge is 2.21. The fourth-order valence-corrected chi connectivity index (χ4v) is 3.75. The Morgan fingerprint density at radius 1 is 1.30 bits per heavy atom. The highest BCUT2D eigenvalue weighted by Crippen LogP contribution is 2.36. The first-order valence-electron chi connectivity index (χ1n) is 6.77. The number of halogens is 2. The number of nitrogens with one attached hydrogen (secondary N) is 1. The van der Waals surface area contributed by atoms with Gasteiger partial charge in [-0.2, -0.15) is 0 Å². The third-order valence-electron chi connectivity index (χ3n) is 3.35. The van der Waals surface area contributed by atoms with Gasteiger partial charge in [0.1, 0.15) is 5.82 Å². The average Bonchev–Trinajstić information content (AvgIpc) is 2.78. The predicted molar refractivity (Wildman–Crippen MR) is 85.3 cm³/mol. The van der Waals surface area contributed by atoms with E-state index in [2.05, 4.69) is 12.2 Å². The number of rotatable bonds is 5. The molecule has 0 aliphatic rings. The number of hydrogen-bond acceptors (Lipinski definition) is 2. The van der Waals surface area contributed by atoms with Crippen molar-refractivity contribution in [1.82, 2.24) is 5.32 Å². The molecule has 20 heavy (non-hydrogen) atoms. The molecule has 1 unspecified atom stereocenters. The van der Waals surface area contributed by atoms with Crippen LogP contribution in [0, 0.1) is 19.7 Å². The standard InChI is InChI=1S/C16H19ClFNS/c1-4-6-19-15(16-13(17)5-7-20-16)14-10(2)8-12(18)9-11(14)3/h5,7-9,15,19H,4,6H2,1-3H3. The number of aryl methyl sites for hydroxylation is 2. The molecule has 1 nitrogen and oxygen atoms in total. The summed E-state index contributed by atoms with van der Waals surface area (Å²) in [6.07, 6.45) is 1.04. The van der Waals surface area contributed by atoms with Crippen LogP contribution >= 0.6 is 22.9 Å². The second-order valence-electron chi connectivity index (χ2n) is 4.97. The van der Waals surface area contributed by atoms with Crippen molar-refractivity contribution in [1.29, 1.82) is 0 Å². The molecule has 2 rings (SSSR count). The number of hydrogen-bond donors (Lipinski definition) is 1. The van der Waals surface area contributed by atoms with Crippen molar-refractivity contribution >= 4 is 22.9 Å². The van der Waals surface area contributed by atoms with Crippen molar-refractivity contribution in [3.05, 3.63) is 56.0 Å². The first-order chi connectivity index (χ1) is 9.54. The third-order valence-corrected chi connectivity index (χ3v) is 4.78. The lowest BCUT2D eigenvalue weighted by Gasteiger charge is -2.22. The zero-order valence-electron chi connectivity index (χ0n) is 12.0. The molecule has 108 valence electrons. The van der Waals surface area contributed by atoms with E-state index in [1.54, 1.807) is 23.5 Å². The highest BCUT2D eigenvalue weighted by atomic mass is 35.5. The third kappa shape index (κ3) is 3.22. The molecule has 1 N–H and O–H groups in total. The molecule has 0 saturated heterocycles. The van der Waals surface area contributed by atoms with Crippen molar-refractivity contribution in [3.8, 4) is 0 Å². The van der Waals surface area contributed by atoms with E-state index in [4.69, 9.17) is 11.6 Å². The molecule has 0 radical (unpaired) electrons. The minimum absolute atomic E-state index is 0.0306. The van der Waals surface area contributed by atoms with E-state index in [0.29, 0.717) is 0 Å². The summed E-state index contributed by atoms with van der Waals surface area (Å²) < 4.78 is 13.5. The van der Waals surface area contributed by atoms with Gasteiger partial charge in [0.15, 0.2) is 0 Å². The van der Waals surface area contributed by atoms with Crippen molar-refractivity contribution < 1.29 is 4.39 Å². The van der Waals surface area contributed by atoms with Crippen LogP contribution < -0.4 is 5.32 Å². The Labute approximate surface area is 128 Å². The van der Waals surface area contributed by atoms with Crippen LogP contribution in [-0.4, -0.2) is 6.54 Å². The summed E-state index contributed by atoms with van der Waals surface area (Å²) in [6.45, 7) is 6.93. The van der Waals surface area contributed by atoms with Crippen LogP contribution in [0.3, 0.4) is 0 Å². The fourth-order valence-electron chi connectivity index (χ4n) is 2.50. The van der Waals surface area contributed by atoms with Crippen molar-refractivity contribution in [2.24, 2.45) is 0 Å². The lowest BCUT2D eigenvalue weighted by atomic mass is 9.94. The molecule has 0 saturated carbocycles. The molecule has 0 bridgehead atoms. The summed E-state index contributed by atoms with van der Waals surface area (Å²) in [5.41, 5.74) is 3.05. The van der Waals surface area contributed by atoms with E-state index < -0.39 is 0 Å². The fraction of sp³-hybridized carbons (Fsp3) is 0.375. The summed E-state index contributed by atoms with van der Waals surface area (Å²) >= 11 is 7.93. The van der Waals surface area contributed by atoms with Gasteiger partial charge in [-0.05, 0) is 67.1 Å². The Bertz CT molecular complexity index is 571. The smallest absolute Gasteiger partial charge is 0.123 e. The van der Waals surface area contributed by atoms with Gasteiger partial charge in [0.05, 0.1) is 11.1 Å². The quantitative estimate of drug-likeness (QED) is 0.795. The van der Waals surface area contributed by atoms with Crippen LogP contribution in [0.15, 0.2) is 23.6 Å². The molecule has 2 aromatic rings. The first-order valence-corrected chi connectivity index (χ1v) is 8.03. The summed E-state index contributed by atoms with van der Waals surface area (Å²) in [4.78, 5) is 1.10. The number of thiophene rings is 1. The second-order valence-corrected chi connectivity index (χ2v) is 6.33. The minimum atomic E-state index is -0.185. The lowest BCUT2D eigenvalue weighted by molar-refractivity contribution is 0.592. The van der Waals surface area contributed by atoms with Crippen LogP contribution in [0.5, 0.6) is 0 Å². The van der Waals surface area contributed by atoms with Crippen LogP contribution in [0.25, 0.3) is 0 Å². The van der Waals surface area contributed by atoms with Crippen molar-refractivity contribution in [3.63, 3.8) is 0 Å². The average molecular weight is 312 g/mol. The highest BCUT2D eigenvalue weighted by molar-refractivity contribution is 7.10. The number of benzene rings is 1. The Balaban J connectivity index is 2.50. The molecular formula is C16H19ClFNS. The molecule has 1 aromatic heterocycles. The molecule has 0 spiro atoms. The van der Waals surface area contributed by atoms with Gasteiger partial charge in [-0.1, -0.05) is 18.5 Å². The second kappa shape index (κ2) is 6.70. The van der Waals surface area contributed by atoms with Gasteiger partial charge >= 0.3 is 0 Å². The van der Waals surface area contributed by atoms with Gasteiger partial charge in [0.25, 0.3) is 0 Å². The van der Waals surface area contributed by atoms with E-state index in [0.717, 1.165) is 39.6 Å². The lowest BCUT2D eigenvalue weighted by Crippen LogP contribution is -2.24. The molecule has 0 aliphatic carbocycles. The van der Waals surface area contributed by atoms with Crippen LogP contribution in [0.4, 0.5) is 4.39 Å². The van der Waals surface area contributed by atoms with Gasteiger partial charge < -0.3 is 5.32 Å². The molecule has 4 heteroatoms. The predicted octanol–water partition coefficient (Wildman–Crippen LogP) is 5.25. The van der Waals surface area contributed by atoms with E-state index in [1.807, 2.05) is 25.3 Å². The minimum Gasteiger partial charge on any atom is -0.306 e. The topological polar surface area (TPSA) is 12.0 Å². The van der Waals surface area contributed by atoms with Crippen LogP contribution in [0.1, 0.15) is 41.0 Å². The van der Waals surface area contributed by atoms with E-state index in [1.165, 1.54) is 0 Å². The molecule has 1 heterocycles. The SMILES string of the molecule is CCCNC(c1sccc1Cl)c1c(C)cc(F)cc1C. The largest absolute Gasteiger partial charge is 0.306 e. The normalized spacial score (nSPS) is 12.7. The van der Waals surface area contributed by atoms with E-state index in [-0.39, 0.29) is 11.9 Å². The monoisotopic (exact) mass is 311 g/mol. The van der Waals surface area contributed by atoms with Crippen molar-refractivity contribution in [2.45, 2.75) is 33.2 Å². The Morgan fingerprint density at radius 3 is 2.45 bits per heavy atom. The van der Waals surface area contributed by atoms with Crippen LogP contribution in [-0.2, 0) is 0 Å². The molecule has 0 amide bonds. The molecule has 0 aliphatic heterocycles. The summed E-state index contributed by atoms with van der Waals surface area (Å²) in [5.74, 6) is -0.185. The summed E-state index contributed by atoms with van der Waals surface area (Å²) in [6, 6.07) is 5.12. The van der Waals surface area contributed by atoms with Crippen LogP contribution in [0.2, 0.25) is 5.02 Å². The van der Waals surface area contributed by atoms with Gasteiger partial charge in [-0.3, -0.25) is 0 Å². The molecular weight excluding hydrogens is 293 g/mol. The van der Waals surface area contributed by atoms with E-state index >= 15 is 0 Å². The summed E-state index contributed by atoms with van der Waals surface area (Å²) in [5, 5.41) is 6.30. The van der Waals surface area contributed by atoms with Crippen molar-refractivity contribution in [2.75, 3.05) is 6.54 Å². The van der Waals surface area contributed by atoms with E-state index in [9.17, 15) is 4.39 Å².